The second-order valence-electron chi connectivity index (χ2n) is 8.90. The van der Waals surface area contributed by atoms with E-state index in [9.17, 15) is 9.59 Å². The fourth-order valence-electron chi connectivity index (χ4n) is 4.45. The molecule has 2 bridgehead atoms. The summed E-state index contributed by atoms with van der Waals surface area (Å²) in [6.07, 6.45) is 4.18. The summed E-state index contributed by atoms with van der Waals surface area (Å²) in [6, 6.07) is 5.86. The van der Waals surface area contributed by atoms with Crippen molar-refractivity contribution in [3.63, 3.8) is 0 Å². The van der Waals surface area contributed by atoms with Crippen LogP contribution >= 0.6 is 0 Å². The Kier molecular flexibility index (Phi) is 5.50. The molecule has 1 aromatic carbocycles. The van der Waals surface area contributed by atoms with Crippen LogP contribution in [0, 0.1) is 12.8 Å². The molecular weight excluding hydrogens is 342 g/mol. The van der Waals surface area contributed by atoms with Crippen molar-refractivity contribution in [2.75, 3.05) is 7.11 Å². The number of aryl methyl sites for hydroxylation is 1. The lowest BCUT2D eigenvalue weighted by Crippen LogP contribution is -2.56. The van der Waals surface area contributed by atoms with Crippen molar-refractivity contribution in [1.29, 1.82) is 0 Å². The Hall–Kier alpha value is -2.04. The molecule has 2 fully saturated rings. The summed E-state index contributed by atoms with van der Waals surface area (Å²) in [5.74, 6) is 0.827. The van der Waals surface area contributed by atoms with Gasteiger partial charge in [-0.15, -0.1) is 0 Å². The Bertz CT molecular complexity index is 708. The van der Waals surface area contributed by atoms with Gasteiger partial charge in [-0.2, -0.15) is 0 Å². The second-order valence-corrected chi connectivity index (χ2v) is 8.90. The highest BCUT2D eigenvalue weighted by atomic mass is 16.6. The summed E-state index contributed by atoms with van der Waals surface area (Å²) >= 11 is 0. The first-order chi connectivity index (χ1) is 12.7. The molecule has 2 aliphatic heterocycles. The molecular formula is C22H31NO4. The lowest BCUT2D eigenvalue weighted by molar-refractivity contribution is -0.0260. The van der Waals surface area contributed by atoms with E-state index in [1.807, 2.05) is 50.8 Å². The minimum absolute atomic E-state index is 0.0505. The second kappa shape index (κ2) is 7.53. The van der Waals surface area contributed by atoms with E-state index in [0.717, 1.165) is 24.8 Å². The van der Waals surface area contributed by atoms with Gasteiger partial charge in [-0.25, -0.2) is 4.79 Å². The SMILES string of the molecule is COc1cc(C)cc(C(=O)C2CC3CCCC(C2)N3C(=O)OC(C)(C)C)c1. The van der Waals surface area contributed by atoms with Crippen LogP contribution in [0.1, 0.15) is 68.8 Å². The minimum atomic E-state index is -0.504. The molecule has 0 N–H and O–H groups in total. The van der Waals surface area contributed by atoms with Gasteiger partial charge in [0, 0.05) is 23.6 Å². The van der Waals surface area contributed by atoms with Crippen LogP contribution in [0.3, 0.4) is 0 Å². The maximum absolute atomic E-state index is 13.2. The van der Waals surface area contributed by atoms with Crippen LogP contribution in [0.15, 0.2) is 18.2 Å². The molecule has 0 saturated carbocycles. The molecule has 2 aliphatic rings. The van der Waals surface area contributed by atoms with E-state index in [0.29, 0.717) is 24.2 Å². The van der Waals surface area contributed by atoms with Crippen molar-refractivity contribution in [2.24, 2.45) is 5.92 Å². The molecule has 27 heavy (non-hydrogen) atoms. The van der Waals surface area contributed by atoms with Gasteiger partial charge in [0.1, 0.15) is 11.4 Å². The smallest absolute Gasteiger partial charge is 0.410 e. The zero-order valence-electron chi connectivity index (χ0n) is 17.1. The van der Waals surface area contributed by atoms with Crippen molar-refractivity contribution in [3.05, 3.63) is 29.3 Å². The van der Waals surface area contributed by atoms with E-state index in [-0.39, 0.29) is 29.9 Å². The number of piperidine rings is 2. The summed E-state index contributed by atoms with van der Waals surface area (Å²) in [5.41, 5.74) is 1.22. The average Bonchev–Trinajstić information content (AvgIpc) is 2.57. The number of carbonyl (C=O) groups is 2. The predicted molar refractivity (Wildman–Crippen MR) is 104 cm³/mol. The quantitative estimate of drug-likeness (QED) is 0.717. The van der Waals surface area contributed by atoms with Crippen LogP contribution < -0.4 is 4.74 Å². The van der Waals surface area contributed by atoms with Crippen LogP contribution in [-0.2, 0) is 4.74 Å². The van der Waals surface area contributed by atoms with Crippen LogP contribution in [0.2, 0.25) is 0 Å². The number of rotatable bonds is 3. The lowest BCUT2D eigenvalue weighted by atomic mass is 9.75. The zero-order chi connectivity index (χ0) is 19.8. The van der Waals surface area contributed by atoms with Gasteiger partial charge >= 0.3 is 6.09 Å². The molecule has 148 valence electrons. The molecule has 1 amide bonds. The molecule has 3 rings (SSSR count). The number of ether oxygens (including phenoxy) is 2. The number of hydrogen-bond donors (Lipinski definition) is 0. The summed E-state index contributed by atoms with van der Waals surface area (Å²) in [7, 11) is 1.62. The Morgan fingerprint density at radius 3 is 2.26 bits per heavy atom. The molecule has 2 saturated heterocycles. The summed E-state index contributed by atoms with van der Waals surface area (Å²) in [4.78, 5) is 27.8. The highest BCUT2D eigenvalue weighted by molar-refractivity contribution is 5.98. The molecule has 1 aromatic rings. The Labute approximate surface area is 162 Å². The highest BCUT2D eigenvalue weighted by Gasteiger charge is 2.44. The lowest BCUT2D eigenvalue weighted by Gasteiger charge is -2.48. The molecule has 0 spiro atoms. The molecule has 0 radical (unpaired) electrons. The van der Waals surface area contributed by atoms with Gasteiger partial charge in [-0.1, -0.05) is 0 Å². The fourth-order valence-corrected chi connectivity index (χ4v) is 4.45. The van der Waals surface area contributed by atoms with Gasteiger partial charge in [0.15, 0.2) is 5.78 Å². The number of fused-ring (bicyclic) bond motifs is 2. The van der Waals surface area contributed by atoms with E-state index in [2.05, 4.69) is 0 Å². The van der Waals surface area contributed by atoms with Gasteiger partial charge in [0.05, 0.1) is 7.11 Å². The number of benzene rings is 1. The van der Waals surface area contributed by atoms with E-state index >= 15 is 0 Å². The Morgan fingerprint density at radius 2 is 1.70 bits per heavy atom. The number of nitrogens with zero attached hydrogens (tertiary/aromatic N) is 1. The van der Waals surface area contributed by atoms with Gasteiger partial charge < -0.3 is 14.4 Å². The molecule has 2 unspecified atom stereocenters. The highest BCUT2D eigenvalue weighted by Crippen LogP contribution is 2.39. The molecule has 0 aromatic heterocycles. The number of carbonyl (C=O) groups excluding carboxylic acids is 2. The summed E-state index contributed by atoms with van der Waals surface area (Å²) in [5, 5.41) is 0. The number of Topliss-reactive ketones (excluding diaryl/α,β-unsaturated/α-hetero) is 1. The third-order valence-electron chi connectivity index (χ3n) is 5.52. The van der Waals surface area contributed by atoms with Crippen molar-refractivity contribution < 1.29 is 19.1 Å². The van der Waals surface area contributed by atoms with E-state index in [1.54, 1.807) is 7.11 Å². The number of hydrogen-bond acceptors (Lipinski definition) is 4. The van der Waals surface area contributed by atoms with Crippen molar-refractivity contribution in [2.45, 2.75) is 77.5 Å². The van der Waals surface area contributed by atoms with Gasteiger partial charge in [-0.3, -0.25) is 4.79 Å². The maximum atomic E-state index is 13.2. The first kappa shape index (κ1) is 19.7. The first-order valence-corrected chi connectivity index (χ1v) is 9.89. The molecule has 5 nitrogen and oxygen atoms in total. The third-order valence-corrected chi connectivity index (χ3v) is 5.52. The molecule has 2 heterocycles. The number of ketones is 1. The van der Waals surface area contributed by atoms with E-state index < -0.39 is 5.60 Å². The summed E-state index contributed by atoms with van der Waals surface area (Å²) in [6.45, 7) is 7.64. The summed E-state index contributed by atoms with van der Waals surface area (Å²) < 4.78 is 10.9. The Balaban J connectivity index is 1.77. The largest absolute Gasteiger partial charge is 0.497 e. The average molecular weight is 373 g/mol. The predicted octanol–water partition coefficient (Wildman–Crippen LogP) is 4.75. The van der Waals surface area contributed by atoms with Gasteiger partial charge in [0.25, 0.3) is 0 Å². The normalized spacial score (nSPS) is 25.1. The van der Waals surface area contributed by atoms with Crippen LogP contribution in [0.4, 0.5) is 4.79 Å². The van der Waals surface area contributed by atoms with Gasteiger partial charge in [-0.05, 0) is 83.6 Å². The zero-order valence-corrected chi connectivity index (χ0v) is 17.1. The van der Waals surface area contributed by atoms with Crippen LogP contribution in [0.25, 0.3) is 0 Å². The Morgan fingerprint density at radius 1 is 1.07 bits per heavy atom. The third kappa shape index (κ3) is 4.45. The fraction of sp³-hybridized carbons (Fsp3) is 0.636. The monoisotopic (exact) mass is 373 g/mol. The van der Waals surface area contributed by atoms with Crippen LogP contribution in [-0.4, -0.2) is 41.6 Å². The van der Waals surface area contributed by atoms with E-state index in [1.165, 1.54) is 0 Å². The topological polar surface area (TPSA) is 55.8 Å². The molecule has 0 aliphatic carbocycles. The van der Waals surface area contributed by atoms with Crippen molar-refractivity contribution in [1.82, 2.24) is 4.90 Å². The number of amides is 1. The van der Waals surface area contributed by atoms with Crippen molar-refractivity contribution >= 4 is 11.9 Å². The molecule has 5 heteroatoms. The first-order valence-electron chi connectivity index (χ1n) is 9.89. The molecule has 2 atom stereocenters. The minimum Gasteiger partial charge on any atom is -0.497 e. The van der Waals surface area contributed by atoms with Gasteiger partial charge in [0.2, 0.25) is 0 Å². The number of methoxy groups -OCH3 is 1. The maximum Gasteiger partial charge on any atom is 0.410 e. The standard InChI is InChI=1S/C22H31NO4/c1-14-9-15(13-19(10-14)26-5)20(24)16-11-17-7-6-8-18(12-16)23(17)21(25)27-22(2,3)4/h9-10,13,16-18H,6-8,11-12H2,1-5H3. The van der Waals surface area contributed by atoms with E-state index in [4.69, 9.17) is 9.47 Å². The van der Waals surface area contributed by atoms with Crippen molar-refractivity contribution in [3.8, 4) is 5.75 Å². The van der Waals surface area contributed by atoms with Crippen LogP contribution in [0.5, 0.6) is 5.75 Å².